The number of amides is 1. The lowest BCUT2D eigenvalue weighted by atomic mass is 10.1. The first kappa shape index (κ1) is 17.3. The fourth-order valence-corrected chi connectivity index (χ4v) is 3.77. The molecule has 0 unspecified atom stereocenters. The van der Waals surface area contributed by atoms with Gasteiger partial charge in [-0.1, -0.05) is 22.6 Å². The molecule has 1 atom stereocenters. The van der Waals surface area contributed by atoms with Crippen LogP contribution in [-0.2, 0) is 11.2 Å². The first-order valence-corrected chi connectivity index (χ1v) is 8.92. The highest BCUT2D eigenvalue weighted by Gasteiger charge is 2.31. The molecule has 0 radical (unpaired) electrons. The molecule has 0 aliphatic carbocycles. The van der Waals surface area contributed by atoms with Gasteiger partial charge in [0.15, 0.2) is 11.3 Å². The standard InChI is InChI=1S/C19H17ClN6O/c1-10-4-7-16-23-14-8-11(12(20)9-15(14)26(10)16)5-6-13-17(18(21)27)19(22-2)25(3)24-13/h8-10H,3-4,7H2,1-2H3,(H2-,21,22,24,27)/p+1/t10-/m0/s1. The van der Waals surface area contributed by atoms with Crippen LogP contribution in [0.2, 0.25) is 5.02 Å². The number of carbonyl (C=O) groups is 1. The summed E-state index contributed by atoms with van der Waals surface area (Å²) in [7, 11) is 1.66. The minimum absolute atomic E-state index is 0.201. The van der Waals surface area contributed by atoms with Crippen molar-refractivity contribution in [2.75, 3.05) is 7.05 Å². The Bertz CT molecular complexity index is 1140. The van der Waals surface area contributed by atoms with Gasteiger partial charge in [0.1, 0.15) is 5.82 Å². The third kappa shape index (κ3) is 2.69. The van der Waals surface area contributed by atoms with Crippen LogP contribution in [0, 0.1) is 11.8 Å². The summed E-state index contributed by atoms with van der Waals surface area (Å²) in [5.74, 6) is 6.73. The second-order valence-electron chi connectivity index (χ2n) is 6.54. The molecule has 2 aromatic rings. The normalized spacial score (nSPS) is 18.4. The van der Waals surface area contributed by atoms with Crippen molar-refractivity contribution in [1.29, 1.82) is 0 Å². The monoisotopic (exact) mass is 381 g/mol. The van der Waals surface area contributed by atoms with Crippen molar-refractivity contribution in [3.8, 4) is 11.8 Å². The van der Waals surface area contributed by atoms with E-state index in [-0.39, 0.29) is 11.3 Å². The van der Waals surface area contributed by atoms with Crippen molar-refractivity contribution in [3.63, 3.8) is 0 Å². The number of carbonyl (C=O) groups excluding carboxylic acids is 1. The minimum Gasteiger partial charge on any atom is -0.365 e. The van der Waals surface area contributed by atoms with Crippen LogP contribution in [0.5, 0.6) is 0 Å². The van der Waals surface area contributed by atoms with Crippen LogP contribution in [0.3, 0.4) is 0 Å². The van der Waals surface area contributed by atoms with Crippen molar-refractivity contribution < 1.29 is 9.48 Å². The van der Waals surface area contributed by atoms with E-state index in [2.05, 4.69) is 40.5 Å². The van der Waals surface area contributed by atoms with Crippen LogP contribution in [0.25, 0.3) is 11.0 Å². The lowest BCUT2D eigenvalue weighted by Gasteiger charge is -2.07. The number of hydrazone groups is 1. The van der Waals surface area contributed by atoms with E-state index in [1.165, 1.54) is 4.68 Å². The molecule has 0 fully saturated rings. The highest BCUT2D eigenvalue weighted by atomic mass is 35.5. The molecular weight excluding hydrogens is 364 g/mol. The Morgan fingerprint density at radius 3 is 2.96 bits per heavy atom. The van der Waals surface area contributed by atoms with E-state index >= 15 is 0 Å². The molecule has 0 spiro atoms. The summed E-state index contributed by atoms with van der Waals surface area (Å²) in [5, 5.41) is 7.55. The third-order valence-corrected chi connectivity index (χ3v) is 5.14. The van der Waals surface area contributed by atoms with Crippen LogP contribution >= 0.6 is 11.6 Å². The zero-order valence-corrected chi connectivity index (χ0v) is 15.8. The van der Waals surface area contributed by atoms with Gasteiger partial charge in [0.05, 0.1) is 29.8 Å². The number of hydrogen-bond donors (Lipinski definition) is 2. The van der Waals surface area contributed by atoms with Gasteiger partial charge in [-0.3, -0.25) is 10.1 Å². The van der Waals surface area contributed by atoms with Crippen molar-refractivity contribution >= 4 is 41.0 Å². The smallest absolute Gasteiger partial charge is 0.315 e. The summed E-state index contributed by atoms with van der Waals surface area (Å²) >= 11 is 6.46. The lowest BCUT2D eigenvalue weighted by molar-refractivity contribution is -0.474. The summed E-state index contributed by atoms with van der Waals surface area (Å²) < 4.78 is 3.52. The summed E-state index contributed by atoms with van der Waals surface area (Å²) in [4.78, 5) is 16.5. The average Bonchev–Trinajstić information content (AvgIpc) is 3.25. The molecule has 136 valence electrons. The van der Waals surface area contributed by atoms with Crippen LogP contribution < -0.4 is 11.1 Å². The summed E-state index contributed by atoms with van der Waals surface area (Å²) in [6, 6.07) is 4.18. The van der Waals surface area contributed by atoms with Gasteiger partial charge in [0.2, 0.25) is 0 Å². The van der Waals surface area contributed by atoms with Gasteiger partial charge in [-0.25, -0.2) is 4.98 Å². The average molecular weight is 382 g/mol. The summed E-state index contributed by atoms with van der Waals surface area (Å²) in [6.07, 6.45) is 2.05. The molecule has 8 heteroatoms. The molecule has 2 aliphatic rings. The Hall–Kier alpha value is -3.11. The fourth-order valence-electron chi connectivity index (χ4n) is 3.56. The van der Waals surface area contributed by atoms with Crippen LogP contribution in [0.4, 0.5) is 0 Å². The number of hydrogen-bond acceptors (Lipinski definition) is 4. The van der Waals surface area contributed by atoms with Gasteiger partial charge in [-0.2, -0.15) is 0 Å². The molecule has 0 saturated carbocycles. The first-order valence-electron chi connectivity index (χ1n) is 8.54. The van der Waals surface area contributed by atoms with Gasteiger partial charge in [-0.05, 0) is 31.4 Å². The molecule has 4 rings (SSSR count). The summed E-state index contributed by atoms with van der Waals surface area (Å²) in [6.45, 7) is 5.91. The highest BCUT2D eigenvalue weighted by Crippen LogP contribution is 2.33. The van der Waals surface area contributed by atoms with E-state index < -0.39 is 5.91 Å². The van der Waals surface area contributed by atoms with E-state index in [1.54, 1.807) is 7.05 Å². The Morgan fingerprint density at radius 1 is 1.48 bits per heavy atom. The zero-order chi connectivity index (χ0) is 19.3. The van der Waals surface area contributed by atoms with Crippen molar-refractivity contribution in [2.45, 2.75) is 25.8 Å². The van der Waals surface area contributed by atoms with Gasteiger partial charge in [-0.15, -0.1) is 4.68 Å². The third-order valence-electron chi connectivity index (χ3n) is 4.83. The molecule has 0 saturated heterocycles. The van der Waals surface area contributed by atoms with Gasteiger partial charge in [0, 0.05) is 18.0 Å². The van der Waals surface area contributed by atoms with Crippen molar-refractivity contribution in [3.05, 3.63) is 39.9 Å². The number of nitrogens with one attached hydrogen (secondary N) is 1. The number of nitrogens with zero attached hydrogens (tertiary/aromatic N) is 4. The minimum atomic E-state index is -0.625. The van der Waals surface area contributed by atoms with E-state index in [1.807, 2.05) is 12.1 Å². The van der Waals surface area contributed by atoms with Gasteiger partial charge in [0.25, 0.3) is 5.91 Å². The number of benzene rings is 1. The number of halogens is 1. The molecule has 27 heavy (non-hydrogen) atoms. The Kier molecular flexibility index (Phi) is 4.01. The topological polar surface area (TPSA) is 88.3 Å². The predicted octanol–water partition coefficient (Wildman–Crippen LogP) is 1.55. The van der Waals surface area contributed by atoms with Crippen molar-refractivity contribution in [2.24, 2.45) is 10.8 Å². The second-order valence-corrected chi connectivity index (χ2v) is 6.95. The molecule has 7 nitrogen and oxygen atoms in total. The number of nitrogens with two attached hydrogens (primary N) is 1. The first-order chi connectivity index (χ1) is 12.9. The van der Waals surface area contributed by atoms with Gasteiger partial charge >= 0.3 is 5.82 Å². The number of rotatable bonds is 2. The van der Waals surface area contributed by atoms with E-state index in [0.717, 1.165) is 29.7 Å². The zero-order valence-electron chi connectivity index (χ0n) is 15.0. The second kappa shape index (κ2) is 6.25. The molecule has 0 bridgehead atoms. The number of primary amides is 1. The maximum Gasteiger partial charge on any atom is 0.315 e. The highest BCUT2D eigenvalue weighted by molar-refractivity contribution is 6.33. The van der Waals surface area contributed by atoms with Crippen LogP contribution in [-0.4, -0.2) is 39.6 Å². The number of aryl methyl sites for hydroxylation is 1. The molecule has 3 heterocycles. The Balaban J connectivity index is 1.77. The number of aromatic nitrogens is 2. The molecule has 3 N–H and O–H groups in total. The van der Waals surface area contributed by atoms with E-state index in [9.17, 15) is 4.79 Å². The summed E-state index contributed by atoms with van der Waals surface area (Å²) in [5.41, 5.74) is 8.41. The lowest BCUT2D eigenvalue weighted by Crippen LogP contribution is -2.24. The maximum atomic E-state index is 11.8. The Labute approximate surface area is 161 Å². The molecule has 1 amide bonds. The molecule has 1 aromatic heterocycles. The maximum absolute atomic E-state index is 11.8. The van der Waals surface area contributed by atoms with E-state index in [0.29, 0.717) is 22.4 Å². The predicted molar refractivity (Wildman–Crippen MR) is 105 cm³/mol. The SMILES string of the molecule is C=[N+]1N=C(C#Cc2cc3nc4n(c3cc2Cl)[C@@H](C)CC4)C(C(N)=O)=C1NC. The molecular formula is C19H18ClN6O+. The number of fused-ring (bicyclic) bond motifs is 3. The van der Waals surface area contributed by atoms with Crippen molar-refractivity contribution in [1.82, 2.24) is 14.9 Å². The Morgan fingerprint density at radius 2 is 2.26 bits per heavy atom. The largest absolute Gasteiger partial charge is 0.365 e. The van der Waals surface area contributed by atoms with E-state index in [4.69, 9.17) is 22.3 Å². The van der Waals surface area contributed by atoms with Crippen LogP contribution in [0.15, 0.2) is 28.6 Å². The fraction of sp³-hybridized carbons (Fsp3) is 0.263. The molecule has 1 aromatic carbocycles. The van der Waals surface area contributed by atoms with Gasteiger partial charge < -0.3 is 10.3 Å². The number of imidazole rings is 1. The van der Waals surface area contributed by atoms with Crippen LogP contribution in [0.1, 0.15) is 30.8 Å². The molecule has 2 aliphatic heterocycles. The quantitative estimate of drug-likeness (QED) is 0.611.